The van der Waals surface area contributed by atoms with E-state index < -0.39 is 5.60 Å². The van der Waals surface area contributed by atoms with Crippen LogP contribution in [0.3, 0.4) is 0 Å². The number of amides is 2. The molecule has 1 aliphatic carbocycles. The summed E-state index contributed by atoms with van der Waals surface area (Å²) in [5, 5.41) is 2.93. The van der Waals surface area contributed by atoms with Gasteiger partial charge in [-0.25, -0.2) is 9.59 Å². The smallest absolute Gasteiger partial charge is 0.410 e. The van der Waals surface area contributed by atoms with E-state index in [0.717, 1.165) is 57.3 Å². The first kappa shape index (κ1) is 28.3. The summed E-state index contributed by atoms with van der Waals surface area (Å²) < 4.78 is 11.1. The molecule has 0 atom stereocenters. The average molecular weight is 502 g/mol. The molecule has 36 heavy (non-hydrogen) atoms. The molecule has 0 spiro atoms. The molecule has 7 heteroatoms. The zero-order chi connectivity index (χ0) is 25.8. The zero-order valence-electron chi connectivity index (χ0n) is 22.7. The van der Waals surface area contributed by atoms with E-state index >= 15 is 0 Å². The number of likely N-dealkylation sites (tertiary alicyclic amines) is 1. The van der Waals surface area contributed by atoms with Crippen molar-refractivity contribution in [3.63, 3.8) is 0 Å². The molecule has 1 N–H and O–H groups in total. The van der Waals surface area contributed by atoms with Crippen LogP contribution in [0.25, 0.3) is 0 Å². The maximum absolute atomic E-state index is 12.9. The minimum Gasteiger partial charge on any atom is -0.445 e. The van der Waals surface area contributed by atoms with E-state index in [1.165, 1.54) is 32.4 Å². The maximum atomic E-state index is 12.9. The minimum absolute atomic E-state index is 0.189. The summed E-state index contributed by atoms with van der Waals surface area (Å²) in [4.78, 5) is 29.5. The van der Waals surface area contributed by atoms with Crippen LogP contribution in [0.2, 0.25) is 0 Å². The average Bonchev–Trinajstić information content (AvgIpc) is 2.86. The van der Waals surface area contributed by atoms with Gasteiger partial charge in [-0.1, -0.05) is 36.8 Å². The molecule has 3 rings (SSSR count). The summed E-state index contributed by atoms with van der Waals surface area (Å²) in [6.45, 7) is 11.7. The Bertz CT molecular complexity index is 781. The van der Waals surface area contributed by atoms with Gasteiger partial charge in [-0.3, -0.25) is 0 Å². The topological polar surface area (TPSA) is 71.1 Å². The van der Waals surface area contributed by atoms with Crippen molar-refractivity contribution in [3.05, 3.63) is 35.9 Å². The summed E-state index contributed by atoms with van der Waals surface area (Å²) in [7, 11) is 0. The maximum Gasteiger partial charge on any atom is 0.410 e. The van der Waals surface area contributed by atoms with Crippen LogP contribution in [0.15, 0.2) is 30.3 Å². The number of benzene rings is 1. The van der Waals surface area contributed by atoms with Gasteiger partial charge in [0, 0.05) is 19.6 Å². The molecular weight excluding hydrogens is 454 g/mol. The quantitative estimate of drug-likeness (QED) is 0.437. The highest BCUT2D eigenvalue weighted by atomic mass is 16.6. The molecule has 1 heterocycles. The first-order valence-electron chi connectivity index (χ1n) is 13.9. The molecule has 1 saturated carbocycles. The van der Waals surface area contributed by atoms with Gasteiger partial charge in [0.15, 0.2) is 0 Å². The Kier molecular flexibility index (Phi) is 11.4. The molecule has 2 aliphatic rings. The summed E-state index contributed by atoms with van der Waals surface area (Å²) in [6, 6.07) is 9.72. The molecule has 2 amide bonds. The first-order valence-corrected chi connectivity index (χ1v) is 13.9. The Balaban J connectivity index is 1.38. The Labute approximate surface area is 217 Å². The number of nitrogens with one attached hydrogen (secondary N) is 1. The molecule has 0 unspecified atom stereocenters. The Hall–Kier alpha value is -2.28. The number of carbonyl (C=O) groups is 2. The van der Waals surface area contributed by atoms with Gasteiger partial charge in [0.1, 0.15) is 12.2 Å². The summed E-state index contributed by atoms with van der Waals surface area (Å²) in [5.41, 5.74) is 0.499. The van der Waals surface area contributed by atoms with Crippen molar-refractivity contribution in [1.82, 2.24) is 15.1 Å². The Morgan fingerprint density at radius 3 is 2.33 bits per heavy atom. The van der Waals surface area contributed by atoms with E-state index in [1.54, 1.807) is 0 Å². The van der Waals surface area contributed by atoms with E-state index in [4.69, 9.17) is 9.47 Å². The molecule has 1 saturated heterocycles. The largest absolute Gasteiger partial charge is 0.445 e. The second kappa shape index (κ2) is 14.5. The van der Waals surface area contributed by atoms with Gasteiger partial charge in [0.25, 0.3) is 0 Å². The molecule has 0 radical (unpaired) electrons. The molecule has 7 nitrogen and oxygen atoms in total. The fraction of sp³-hybridized carbons (Fsp3) is 0.724. The standard InChI is InChI=1S/C29H47N3O4/c1-29(2,3)36-28(34)32(20-10-19-31-17-8-5-9-18-31)22-25-15-13-24(14-16-25)21-30-27(33)35-23-26-11-6-4-7-12-26/h4,6-7,11-12,24-25H,5,8-10,13-23H2,1-3H3,(H,30,33). The third-order valence-electron chi connectivity index (χ3n) is 7.20. The van der Waals surface area contributed by atoms with Crippen LogP contribution in [0.5, 0.6) is 0 Å². The van der Waals surface area contributed by atoms with Gasteiger partial charge in [-0.05, 0) is 103 Å². The first-order chi connectivity index (χ1) is 17.3. The normalized spacial score (nSPS) is 21.0. The molecule has 0 bridgehead atoms. The monoisotopic (exact) mass is 501 g/mol. The van der Waals surface area contributed by atoms with Crippen molar-refractivity contribution < 1.29 is 19.1 Å². The van der Waals surface area contributed by atoms with Crippen molar-refractivity contribution in [2.45, 2.75) is 84.3 Å². The number of piperidine rings is 1. The molecule has 1 aromatic rings. The second-order valence-corrected chi connectivity index (χ2v) is 11.5. The van der Waals surface area contributed by atoms with Gasteiger partial charge in [0.2, 0.25) is 0 Å². The van der Waals surface area contributed by atoms with E-state index in [9.17, 15) is 9.59 Å². The lowest BCUT2D eigenvalue weighted by atomic mass is 9.81. The van der Waals surface area contributed by atoms with Gasteiger partial charge in [0.05, 0.1) is 0 Å². The van der Waals surface area contributed by atoms with Crippen LogP contribution in [0, 0.1) is 11.8 Å². The second-order valence-electron chi connectivity index (χ2n) is 11.5. The third kappa shape index (κ3) is 10.8. The lowest BCUT2D eigenvalue weighted by Gasteiger charge is -2.34. The van der Waals surface area contributed by atoms with E-state index in [-0.39, 0.29) is 18.8 Å². The van der Waals surface area contributed by atoms with Crippen LogP contribution in [-0.4, -0.2) is 66.9 Å². The molecule has 0 aromatic heterocycles. The molecular formula is C29H47N3O4. The van der Waals surface area contributed by atoms with Crippen molar-refractivity contribution in [3.8, 4) is 0 Å². The van der Waals surface area contributed by atoms with Crippen LogP contribution in [-0.2, 0) is 16.1 Å². The minimum atomic E-state index is -0.485. The molecule has 202 valence electrons. The molecule has 1 aliphatic heterocycles. The Morgan fingerprint density at radius 2 is 1.67 bits per heavy atom. The van der Waals surface area contributed by atoms with E-state index in [1.807, 2.05) is 56.0 Å². The highest BCUT2D eigenvalue weighted by Gasteiger charge is 2.28. The lowest BCUT2D eigenvalue weighted by Crippen LogP contribution is -2.42. The van der Waals surface area contributed by atoms with Crippen molar-refractivity contribution in [2.75, 3.05) is 39.3 Å². The van der Waals surface area contributed by atoms with Gasteiger partial charge in [-0.15, -0.1) is 0 Å². The summed E-state index contributed by atoms with van der Waals surface area (Å²) in [5.74, 6) is 0.938. The number of alkyl carbamates (subject to hydrolysis) is 1. The van der Waals surface area contributed by atoms with Crippen LogP contribution in [0.4, 0.5) is 9.59 Å². The van der Waals surface area contributed by atoms with Crippen LogP contribution in [0.1, 0.15) is 77.7 Å². The number of hydrogen-bond acceptors (Lipinski definition) is 5. The number of carbonyl (C=O) groups excluding carboxylic acids is 2. The van der Waals surface area contributed by atoms with E-state index in [0.29, 0.717) is 18.4 Å². The lowest BCUT2D eigenvalue weighted by molar-refractivity contribution is 0.0193. The van der Waals surface area contributed by atoms with E-state index in [2.05, 4.69) is 10.2 Å². The SMILES string of the molecule is CC(C)(C)OC(=O)N(CCCN1CCCCC1)CC1CCC(CNC(=O)OCc2ccccc2)CC1. The van der Waals surface area contributed by atoms with Crippen LogP contribution >= 0.6 is 0 Å². The molecule has 2 fully saturated rings. The summed E-state index contributed by atoms with van der Waals surface area (Å²) in [6.07, 6.45) is 8.61. The van der Waals surface area contributed by atoms with Gasteiger partial charge < -0.3 is 24.6 Å². The van der Waals surface area contributed by atoms with Crippen LogP contribution < -0.4 is 5.32 Å². The predicted molar refractivity (Wildman–Crippen MR) is 143 cm³/mol. The number of hydrogen-bond donors (Lipinski definition) is 1. The third-order valence-corrected chi connectivity index (χ3v) is 7.20. The molecule has 1 aromatic carbocycles. The van der Waals surface area contributed by atoms with Gasteiger partial charge >= 0.3 is 12.2 Å². The van der Waals surface area contributed by atoms with Crippen molar-refractivity contribution >= 4 is 12.2 Å². The Morgan fingerprint density at radius 1 is 1.00 bits per heavy atom. The number of ether oxygens (including phenoxy) is 2. The zero-order valence-corrected chi connectivity index (χ0v) is 22.7. The number of nitrogens with zero attached hydrogens (tertiary/aromatic N) is 2. The van der Waals surface area contributed by atoms with Crippen molar-refractivity contribution in [1.29, 1.82) is 0 Å². The fourth-order valence-corrected chi connectivity index (χ4v) is 5.18. The van der Waals surface area contributed by atoms with Gasteiger partial charge in [-0.2, -0.15) is 0 Å². The highest BCUT2D eigenvalue weighted by Crippen LogP contribution is 2.29. The fourth-order valence-electron chi connectivity index (χ4n) is 5.18. The summed E-state index contributed by atoms with van der Waals surface area (Å²) >= 11 is 0. The highest BCUT2D eigenvalue weighted by molar-refractivity contribution is 5.68. The predicted octanol–water partition coefficient (Wildman–Crippen LogP) is 5.83. The van der Waals surface area contributed by atoms with Crippen molar-refractivity contribution in [2.24, 2.45) is 11.8 Å². The number of rotatable bonds is 10.